The van der Waals surface area contributed by atoms with E-state index in [-0.39, 0.29) is 53.4 Å². The van der Waals surface area contributed by atoms with Gasteiger partial charge in [-0.25, -0.2) is 16.8 Å². The highest BCUT2D eigenvalue weighted by Crippen LogP contribution is 2.30. The number of carbonyl (C=O) groups is 1. The largest absolute Gasteiger partial charge is 0.488 e. The molecule has 0 aromatic heterocycles. The van der Waals surface area contributed by atoms with Crippen molar-refractivity contribution < 1.29 is 31.5 Å². The molecule has 0 bridgehead atoms. The standard InChI is InChI=1S/C30H37N3O7S2/c1-21-10-13-26(14-11-21)41(36,37)31-25-12-15-28-24(16-25)17-30(35)33(23(3)20-34)18-22(2)29(40-28)19-32(4)42(38,39)27-8-6-5-7-9-27/h5-16,22-23,29,31,34H,17-20H2,1-4H3/t22-,23-,29+/m1/s1. The molecule has 1 heterocycles. The van der Waals surface area contributed by atoms with Crippen molar-refractivity contribution in [3.05, 3.63) is 83.9 Å². The molecule has 10 nitrogen and oxygen atoms in total. The third-order valence-electron chi connectivity index (χ3n) is 7.39. The number of nitrogens with zero attached hydrogens (tertiary/aromatic N) is 2. The molecule has 1 amide bonds. The van der Waals surface area contributed by atoms with Gasteiger partial charge in [0.05, 0.1) is 35.4 Å². The molecule has 0 saturated carbocycles. The van der Waals surface area contributed by atoms with Crippen LogP contribution in [0.25, 0.3) is 0 Å². The maximum Gasteiger partial charge on any atom is 0.261 e. The van der Waals surface area contributed by atoms with E-state index in [0.29, 0.717) is 11.3 Å². The van der Waals surface area contributed by atoms with E-state index in [4.69, 9.17) is 4.74 Å². The molecule has 1 aliphatic rings. The molecule has 3 atom stereocenters. The summed E-state index contributed by atoms with van der Waals surface area (Å²) in [5, 5.41) is 9.87. The number of hydrogen-bond donors (Lipinski definition) is 2. The van der Waals surface area contributed by atoms with Crippen molar-refractivity contribution in [2.75, 3.05) is 31.5 Å². The van der Waals surface area contributed by atoms with Gasteiger partial charge in [-0.2, -0.15) is 4.31 Å². The van der Waals surface area contributed by atoms with Crippen LogP contribution in [0, 0.1) is 12.8 Å². The summed E-state index contributed by atoms with van der Waals surface area (Å²) in [6.07, 6.45) is -0.765. The summed E-state index contributed by atoms with van der Waals surface area (Å²) in [5.74, 6) is -0.234. The number of rotatable bonds is 9. The van der Waals surface area contributed by atoms with E-state index in [1.165, 1.54) is 35.6 Å². The topological polar surface area (TPSA) is 133 Å². The number of anilines is 1. The summed E-state index contributed by atoms with van der Waals surface area (Å²) in [6.45, 7) is 5.43. The molecule has 12 heteroatoms. The highest BCUT2D eigenvalue weighted by Gasteiger charge is 2.33. The van der Waals surface area contributed by atoms with Crippen molar-refractivity contribution in [1.29, 1.82) is 0 Å². The maximum atomic E-state index is 13.5. The van der Waals surface area contributed by atoms with Crippen LogP contribution in [-0.2, 0) is 31.3 Å². The minimum atomic E-state index is -3.89. The second-order valence-electron chi connectivity index (χ2n) is 10.7. The molecule has 3 aromatic carbocycles. The van der Waals surface area contributed by atoms with Gasteiger partial charge in [-0.05, 0) is 56.3 Å². The van der Waals surface area contributed by atoms with Gasteiger partial charge in [0.25, 0.3) is 10.0 Å². The fourth-order valence-corrected chi connectivity index (χ4v) is 7.02. The Balaban J connectivity index is 1.68. The molecular formula is C30H37N3O7S2. The Labute approximate surface area is 248 Å². The lowest BCUT2D eigenvalue weighted by molar-refractivity contribution is -0.134. The van der Waals surface area contributed by atoms with Crippen LogP contribution in [-0.4, -0.2) is 75.9 Å². The molecule has 226 valence electrons. The lowest BCUT2D eigenvalue weighted by Crippen LogP contribution is -2.48. The molecular weight excluding hydrogens is 578 g/mol. The number of amides is 1. The summed E-state index contributed by atoms with van der Waals surface area (Å²) >= 11 is 0. The number of aliphatic hydroxyl groups is 1. The molecule has 3 aromatic rings. The maximum absolute atomic E-state index is 13.5. The highest BCUT2D eigenvalue weighted by molar-refractivity contribution is 7.92. The van der Waals surface area contributed by atoms with Crippen LogP contribution >= 0.6 is 0 Å². The Bertz CT molecular complexity index is 1610. The van der Waals surface area contributed by atoms with E-state index >= 15 is 0 Å². The summed E-state index contributed by atoms with van der Waals surface area (Å²) < 4.78 is 62.8. The van der Waals surface area contributed by atoms with Crippen LogP contribution in [0.1, 0.15) is 25.0 Å². The van der Waals surface area contributed by atoms with Crippen LogP contribution in [0.5, 0.6) is 5.75 Å². The minimum Gasteiger partial charge on any atom is -0.488 e. The molecule has 0 fully saturated rings. The summed E-state index contributed by atoms with van der Waals surface area (Å²) in [5.41, 5.74) is 1.61. The monoisotopic (exact) mass is 615 g/mol. The van der Waals surface area contributed by atoms with E-state index in [9.17, 15) is 26.7 Å². The Morgan fingerprint density at radius 1 is 1.02 bits per heavy atom. The van der Waals surface area contributed by atoms with Gasteiger partial charge in [-0.3, -0.25) is 9.52 Å². The van der Waals surface area contributed by atoms with E-state index in [2.05, 4.69) is 4.72 Å². The first-order valence-corrected chi connectivity index (χ1v) is 16.5. The number of benzene rings is 3. The normalized spacial score (nSPS) is 18.8. The first-order valence-electron chi connectivity index (χ1n) is 13.6. The van der Waals surface area contributed by atoms with Gasteiger partial charge >= 0.3 is 0 Å². The molecule has 4 rings (SSSR count). The van der Waals surface area contributed by atoms with E-state index in [0.717, 1.165) is 5.56 Å². The molecule has 42 heavy (non-hydrogen) atoms. The molecule has 0 radical (unpaired) electrons. The van der Waals surface area contributed by atoms with Gasteiger partial charge < -0.3 is 14.7 Å². The lowest BCUT2D eigenvalue weighted by atomic mass is 10.0. The Morgan fingerprint density at radius 2 is 1.69 bits per heavy atom. The predicted octanol–water partition coefficient (Wildman–Crippen LogP) is 3.27. The van der Waals surface area contributed by atoms with Gasteiger partial charge in [0, 0.05) is 30.8 Å². The third kappa shape index (κ3) is 7.12. The lowest BCUT2D eigenvalue weighted by Gasteiger charge is -2.33. The fourth-order valence-electron chi connectivity index (χ4n) is 4.77. The smallest absolute Gasteiger partial charge is 0.261 e. The van der Waals surface area contributed by atoms with Crippen molar-refractivity contribution in [1.82, 2.24) is 9.21 Å². The van der Waals surface area contributed by atoms with Crippen molar-refractivity contribution in [3.63, 3.8) is 0 Å². The number of fused-ring (bicyclic) bond motifs is 1. The van der Waals surface area contributed by atoms with Gasteiger partial charge in [0.2, 0.25) is 15.9 Å². The molecule has 2 N–H and O–H groups in total. The number of likely N-dealkylation sites (N-methyl/N-ethyl adjacent to an activating group) is 1. The van der Waals surface area contributed by atoms with Crippen molar-refractivity contribution in [2.24, 2.45) is 5.92 Å². The first-order chi connectivity index (χ1) is 19.8. The SMILES string of the molecule is Cc1ccc(S(=O)(=O)Nc2ccc3c(c2)CC(=O)N([C@H](C)CO)C[C@@H](C)[C@H](CN(C)S(=O)(=O)c2ccccc2)O3)cc1. The Hall–Kier alpha value is -3.45. The number of ether oxygens (including phenoxy) is 1. The first kappa shape index (κ1) is 31.5. The van der Waals surface area contributed by atoms with Crippen molar-refractivity contribution in [3.8, 4) is 5.75 Å². The van der Waals surface area contributed by atoms with E-state index in [1.807, 2.05) is 13.8 Å². The second-order valence-corrected chi connectivity index (χ2v) is 14.5. The van der Waals surface area contributed by atoms with Gasteiger partial charge in [0.1, 0.15) is 11.9 Å². The van der Waals surface area contributed by atoms with Crippen molar-refractivity contribution >= 4 is 31.6 Å². The number of aliphatic hydroxyl groups excluding tert-OH is 1. The van der Waals surface area contributed by atoms with E-state index in [1.54, 1.807) is 60.4 Å². The third-order valence-corrected chi connectivity index (χ3v) is 10.6. The van der Waals surface area contributed by atoms with Crippen LogP contribution in [0.3, 0.4) is 0 Å². The van der Waals surface area contributed by atoms with Crippen LogP contribution < -0.4 is 9.46 Å². The van der Waals surface area contributed by atoms with Gasteiger partial charge in [-0.15, -0.1) is 0 Å². The molecule has 1 aliphatic heterocycles. The summed E-state index contributed by atoms with van der Waals surface area (Å²) in [7, 11) is -6.23. The Kier molecular flexibility index (Phi) is 9.61. The second kappa shape index (κ2) is 12.8. The van der Waals surface area contributed by atoms with E-state index < -0.39 is 32.2 Å². The Morgan fingerprint density at radius 3 is 2.33 bits per heavy atom. The number of carbonyl (C=O) groups excluding carboxylic acids is 1. The van der Waals surface area contributed by atoms with Gasteiger partial charge in [-0.1, -0.05) is 42.8 Å². The highest BCUT2D eigenvalue weighted by atomic mass is 32.2. The van der Waals surface area contributed by atoms with Crippen LogP contribution in [0.2, 0.25) is 0 Å². The number of hydrogen-bond acceptors (Lipinski definition) is 7. The molecule has 0 spiro atoms. The average Bonchev–Trinajstić information content (AvgIpc) is 3.00. The zero-order valence-corrected chi connectivity index (χ0v) is 25.7. The van der Waals surface area contributed by atoms with Crippen LogP contribution in [0.4, 0.5) is 5.69 Å². The summed E-state index contributed by atoms with van der Waals surface area (Å²) in [4.78, 5) is 15.3. The number of sulfonamides is 2. The molecule has 0 saturated heterocycles. The molecule has 0 unspecified atom stereocenters. The fraction of sp³-hybridized carbons (Fsp3) is 0.367. The zero-order valence-electron chi connectivity index (χ0n) is 24.1. The zero-order chi connectivity index (χ0) is 30.7. The van der Waals surface area contributed by atoms with Crippen molar-refractivity contribution in [2.45, 2.75) is 49.1 Å². The molecule has 0 aliphatic carbocycles. The summed E-state index contributed by atoms with van der Waals surface area (Å²) in [6, 6.07) is 18.7. The minimum absolute atomic E-state index is 0.00479. The average molecular weight is 616 g/mol. The number of aryl methyl sites for hydroxylation is 1. The predicted molar refractivity (Wildman–Crippen MR) is 160 cm³/mol. The van der Waals surface area contributed by atoms with Crippen LogP contribution in [0.15, 0.2) is 82.6 Å². The quantitative estimate of drug-likeness (QED) is 0.378. The van der Waals surface area contributed by atoms with Gasteiger partial charge in [0.15, 0.2) is 0 Å². The number of nitrogens with one attached hydrogen (secondary N) is 1.